The molecule has 0 aromatic heterocycles. The minimum atomic E-state index is 0.308. The van der Waals surface area contributed by atoms with Crippen LogP contribution in [0.4, 0.5) is 0 Å². The first-order chi connectivity index (χ1) is 6.08. The van der Waals surface area contributed by atoms with Gasteiger partial charge in [0.2, 0.25) is 0 Å². The van der Waals surface area contributed by atoms with Crippen LogP contribution in [0.1, 0.15) is 52.9 Å². The summed E-state index contributed by atoms with van der Waals surface area (Å²) >= 11 is 0. The molecule has 0 aromatic carbocycles. The van der Waals surface area contributed by atoms with Gasteiger partial charge in [-0.25, -0.2) is 0 Å². The Labute approximate surface area is 87.1 Å². The van der Waals surface area contributed by atoms with Gasteiger partial charge < -0.3 is 5.32 Å². The highest BCUT2D eigenvalue weighted by Crippen LogP contribution is 2.19. The Balaban J connectivity index is 0.000000671. The van der Waals surface area contributed by atoms with Crippen molar-refractivity contribution in [2.75, 3.05) is 0 Å². The zero-order valence-electron chi connectivity index (χ0n) is 10.1. The summed E-state index contributed by atoms with van der Waals surface area (Å²) in [6.07, 6.45) is 7.07. The van der Waals surface area contributed by atoms with Gasteiger partial charge in [0.1, 0.15) is 0 Å². The first-order valence-electron chi connectivity index (χ1n) is 5.86. The summed E-state index contributed by atoms with van der Waals surface area (Å²) in [5, 5.41) is 3.66. The Kier molecular flexibility index (Phi) is 6.69. The van der Waals surface area contributed by atoms with Gasteiger partial charge in [0.15, 0.2) is 0 Å². The lowest BCUT2D eigenvalue weighted by molar-refractivity contribution is 0.295. The zero-order valence-corrected chi connectivity index (χ0v) is 12.1. The largest absolute Gasteiger partial charge is 0.309 e. The SMILES string of the molecule is CC(C)(C)NC1CCCCC1.C[SiH3]. The molecule has 0 saturated heterocycles. The number of nitrogens with one attached hydrogen (secondary N) is 1. The summed E-state index contributed by atoms with van der Waals surface area (Å²) in [4.78, 5) is 0. The first kappa shape index (κ1) is 13.2. The summed E-state index contributed by atoms with van der Waals surface area (Å²) in [5.41, 5.74) is 0.308. The summed E-state index contributed by atoms with van der Waals surface area (Å²) in [6.45, 7) is 8.89. The van der Waals surface area contributed by atoms with Crippen molar-refractivity contribution in [3.8, 4) is 0 Å². The fourth-order valence-electron chi connectivity index (χ4n) is 1.86. The third-order valence-electron chi connectivity index (χ3n) is 2.24. The number of hydrogen-bond acceptors (Lipinski definition) is 1. The van der Waals surface area contributed by atoms with Crippen LogP contribution >= 0.6 is 0 Å². The Bertz CT molecular complexity index is 112. The predicted octanol–water partition coefficient (Wildman–Crippen LogP) is 2.11. The van der Waals surface area contributed by atoms with Crippen LogP contribution in [0.5, 0.6) is 0 Å². The highest BCUT2D eigenvalue weighted by atomic mass is 28.1. The third kappa shape index (κ3) is 7.26. The van der Waals surface area contributed by atoms with Gasteiger partial charge >= 0.3 is 0 Å². The van der Waals surface area contributed by atoms with Crippen molar-refractivity contribution in [3.05, 3.63) is 0 Å². The normalized spacial score (nSPS) is 19.4. The summed E-state index contributed by atoms with van der Waals surface area (Å²) in [6, 6.07) is 0.795. The first-order valence-corrected chi connectivity index (χ1v) is 7.86. The number of hydrogen-bond donors (Lipinski definition) is 1. The Hall–Kier alpha value is 0.177. The van der Waals surface area contributed by atoms with Crippen LogP contribution in [0.25, 0.3) is 0 Å². The Morgan fingerprint density at radius 2 is 1.46 bits per heavy atom. The molecule has 13 heavy (non-hydrogen) atoms. The number of rotatable bonds is 1. The van der Waals surface area contributed by atoms with Crippen LogP contribution in [0.2, 0.25) is 6.55 Å². The lowest BCUT2D eigenvalue weighted by Gasteiger charge is -2.31. The molecule has 80 valence electrons. The Morgan fingerprint density at radius 3 is 1.85 bits per heavy atom. The highest BCUT2D eigenvalue weighted by molar-refractivity contribution is 6.05. The van der Waals surface area contributed by atoms with E-state index in [0.29, 0.717) is 5.54 Å². The standard InChI is InChI=1S/C10H21N.CH6Si/c1-10(2,3)11-9-7-5-4-6-8-9;1-2/h9,11H,4-8H2,1-3H3;1-2H3. The molecule has 1 nitrogen and oxygen atoms in total. The van der Waals surface area contributed by atoms with E-state index in [0.717, 1.165) is 6.04 Å². The molecule has 1 rings (SSSR count). The maximum Gasteiger partial charge on any atom is 0.00990 e. The molecule has 0 spiro atoms. The van der Waals surface area contributed by atoms with Crippen LogP contribution in [-0.4, -0.2) is 21.8 Å². The van der Waals surface area contributed by atoms with Gasteiger partial charge in [-0.05, 0) is 43.9 Å². The van der Waals surface area contributed by atoms with Gasteiger partial charge in [0.05, 0.1) is 0 Å². The van der Waals surface area contributed by atoms with Gasteiger partial charge in [-0.2, -0.15) is 0 Å². The van der Waals surface area contributed by atoms with E-state index < -0.39 is 0 Å². The second-order valence-electron chi connectivity index (χ2n) is 4.73. The van der Waals surface area contributed by atoms with Crippen molar-refractivity contribution in [2.24, 2.45) is 0 Å². The van der Waals surface area contributed by atoms with Crippen molar-refractivity contribution in [1.29, 1.82) is 0 Å². The molecule has 1 aliphatic rings. The van der Waals surface area contributed by atoms with Gasteiger partial charge in [-0.3, -0.25) is 0 Å². The molecule has 0 unspecified atom stereocenters. The molecule has 1 aliphatic carbocycles. The van der Waals surface area contributed by atoms with Crippen LogP contribution < -0.4 is 5.32 Å². The average molecular weight is 201 g/mol. The summed E-state index contributed by atoms with van der Waals surface area (Å²) in [5.74, 6) is 0. The minimum Gasteiger partial charge on any atom is -0.309 e. The summed E-state index contributed by atoms with van der Waals surface area (Å²) in [7, 11) is 1.31. The molecule has 0 bridgehead atoms. The van der Waals surface area contributed by atoms with E-state index >= 15 is 0 Å². The fourth-order valence-corrected chi connectivity index (χ4v) is 1.86. The van der Waals surface area contributed by atoms with Crippen LogP contribution in [0.15, 0.2) is 0 Å². The highest BCUT2D eigenvalue weighted by Gasteiger charge is 2.18. The van der Waals surface area contributed by atoms with E-state index in [1.807, 2.05) is 0 Å². The van der Waals surface area contributed by atoms with Crippen molar-refractivity contribution < 1.29 is 0 Å². The van der Waals surface area contributed by atoms with E-state index in [9.17, 15) is 0 Å². The second kappa shape index (κ2) is 6.60. The lowest BCUT2D eigenvalue weighted by atomic mass is 9.93. The van der Waals surface area contributed by atoms with Crippen molar-refractivity contribution in [1.82, 2.24) is 5.32 Å². The molecular weight excluding hydrogens is 174 g/mol. The molecule has 2 heteroatoms. The topological polar surface area (TPSA) is 12.0 Å². The van der Waals surface area contributed by atoms with E-state index in [1.54, 1.807) is 0 Å². The van der Waals surface area contributed by atoms with E-state index in [2.05, 4.69) is 32.6 Å². The molecule has 1 N–H and O–H groups in total. The van der Waals surface area contributed by atoms with Gasteiger partial charge in [-0.1, -0.05) is 25.8 Å². The molecule has 0 heterocycles. The Morgan fingerprint density at radius 1 is 1.00 bits per heavy atom. The van der Waals surface area contributed by atoms with Crippen molar-refractivity contribution in [3.63, 3.8) is 0 Å². The van der Waals surface area contributed by atoms with Crippen molar-refractivity contribution >= 4 is 10.2 Å². The van der Waals surface area contributed by atoms with Crippen LogP contribution in [0.3, 0.4) is 0 Å². The quantitative estimate of drug-likeness (QED) is 0.641. The fraction of sp³-hybridized carbons (Fsp3) is 1.00. The maximum absolute atomic E-state index is 3.66. The molecule has 0 radical (unpaired) electrons. The van der Waals surface area contributed by atoms with Gasteiger partial charge in [0.25, 0.3) is 0 Å². The monoisotopic (exact) mass is 201 g/mol. The third-order valence-corrected chi connectivity index (χ3v) is 2.24. The van der Waals surface area contributed by atoms with E-state index in [-0.39, 0.29) is 0 Å². The van der Waals surface area contributed by atoms with Crippen molar-refractivity contribution in [2.45, 2.75) is 71.0 Å². The van der Waals surface area contributed by atoms with Gasteiger partial charge in [-0.15, -0.1) is 0 Å². The van der Waals surface area contributed by atoms with E-state index in [4.69, 9.17) is 0 Å². The molecular formula is C11H27NSi. The lowest BCUT2D eigenvalue weighted by Crippen LogP contribution is -2.44. The maximum atomic E-state index is 3.66. The average Bonchev–Trinajstić information content (AvgIpc) is 2.07. The van der Waals surface area contributed by atoms with Crippen LogP contribution in [0, 0.1) is 0 Å². The molecule has 1 saturated carbocycles. The molecule has 1 fully saturated rings. The molecule has 0 aromatic rings. The van der Waals surface area contributed by atoms with E-state index in [1.165, 1.54) is 42.3 Å². The molecule has 0 aliphatic heterocycles. The summed E-state index contributed by atoms with van der Waals surface area (Å²) < 4.78 is 0. The van der Waals surface area contributed by atoms with Gasteiger partial charge in [0, 0.05) is 11.6 Å². The zero-order chi connectivity index (χ0) is 10.3. The predicted molar refractivity (Wildman–Crippen MR) is 65.6 cm³/mol. The smallest absolute Gasteiger partial charge is 0.00990 e. The van der Waals surface area contributed by atoms with Crippen LogP contribution in [-0.2, 0) is 0 Å². The molecule has 0 atom stereocenters. The molecule has 0 amide bonds. The second-order valence-corrected chi connectivity index (χ2v) is 4.73. The minimum absolute atomic E-state index is 0.308.